The van der Waals surface area contributed by atoms with Gasteiger partial charge in [-0.15, -0.1) is 0 Å². The molecule has 1 aliphatic heterocycles. The number of aromatic nitrogens is 4. The molecular weight excluding hydrogens is 465 g/mol. The number of carbonyl (C=O) groups excluding carboxylic acids is 1. The van der Waals surface area contributed by atoms with Crippen molar-refractivity contribution in [3.05, 3.63) is 77.3 Å². The second kappa shape index (κ2) is 8.78. The first-order valence-corrected chi connectivity index (χ1v) is 10.5. The number of carbonyl (C=O) groups is 1. The first-order valence-electron chi connectivity index (χ1n) is 10.5. The van der Waals surface area contributed by atoms with Crippen molar-refractivity contribution in [1.82, 2.24) is 20.3 Å². The van der Waals surface area contributed by atoms with E-state index in [1.165, 1.54) is 24.7 Å². The number of Topliss-reactive ketones (excluding diaryl/α,β-unsaturated/α-hetero) is 1. The Morgan fingerprint density at radius 2 is 1.97 bits per heavy atom. The van der Waals surface area contributed by atoms with Crippen LogP contribution in [0.3, 0.4) is 0 Å². The Kier molecular flexibility index (Phi) is 5.63. The molecule has 4 heterocycles. The van der Waals surface area contributed by atoms with Crippen molar-refractivity contribution in [2.24, 2.45) is 4.99 Å². The van der Waals surface area contributed by atoms with Gasteiger partial charge in [0.05, 0.1) is 17.0 Å². The highest BCUT2D eigenvalue weighted by molar-refractivity contribution is 6.05. The van der Waals surface area contributed by atoms with Gasteiger partial charge >= 0.3 is 6.18 Å². The summed E-state index contributed by atoms with van der Waals surface area (Å²) in [6.45, 7) is 1.80. The number of fused-ring (bicyclic) bond motifs is 1. The van der Waals surface area contributed by atoms with E-state index in [-0.39, 0.29) is 30.2 Å². The van der Waals surface area contributed by atoms with Crippen molar-refractivity contribution in [2.45, 2.75) is 31.9 Å². The molecule has 1 aromatic carbocycles. The van der Waals surface area contributed by atoms with Crippen LogP contribution in [0.2, 0.25) is 0 Å². The standard InChI is InChI=1S/C23H17F3N6O3/c1-12(6-19(33)18-10-22(28-11-27-18)30-21-4-5-34-32-21)20-9-17(31-35-20)16-8-13-7-14(23(24,25)26)2-3-15(13)29-16/h2-5,7,9-12H,6,8H2,1H3,(H,27,28,30,32)/t12-/m0/s1. The molecule has 0 radical (unpaired) electrons. The zero-order valence-corrected chi connectivity index (χ0v) is 18.2. The van der Waals surface area contributed by atoms with E-state index in [2.05, 4.69) is 30.6 Å². The maximum Gasteiger partial charge on any atom is 0.416 e. The van der Waals surface area contributed by atoms with Gasteiger partial charge in [0.2, 0.25) is 0 Å². The predicted octanol–water partition coefficient (Wildman–Crippen LogP) is 5.27. The van der Waals surface area contributed by atoms with E-state index in [1.54, 1.807) is 19.1 Å². The molecule has 1 atom stereocenters. The monoisotopic (exact) mass is 482 g/mol. The van der Waals surface area contributed by atoms with E-state index < -0.39 is 11.7 Å². The first kappa shape index (κ1) is 22.4. The molecule has 9 nitrogen and oxygen atoms in total. The zero-order chi connectivity index (χ0) is 24.6. The van der Waals surface area contributed by atoms with Gasteiger partial charge in [-0.25, -0.2) is 9.97 Å². The van der Waals surface area contributed by atoms with Gasteiger partial charge in [0.1, 0.15) is 35.6 Å². The van der Waals surface area contributed by atoms with Gasteiger partial charge in [-0.05, 0) is 23.8 Å². The molecule has 0 amide bonds. The average Bonchev–Trinajstić information content (AvgIpc) is 3.58. The van der Waals surface area contributed by atoms with Gasteiger partial charge in [-0.1, -0.05) is 17.2 Å². The summed E-state index contributed by atoms with van der Waals surface area (Å²) < 4.78 is 49.1. The summed E-state index contributed by atoms with van der Waals surface area (Å²) in [4.78, 5) is 25.3. The molecule has 0 saturated heterocycles. The molecule has 1 N–H and O–H groups in total. The molecule has 0 aliphatic carbocycles. The fourth-order valence-electron chi connectivity index (χ4n) is 3.65. The van der Waals surface area contributed by atoms with Crippen molar-refractivity contribution in [1.29, 1.82) is 0 Å². The summed E-state index contributed by atoms with van der Waals surface area (Å²) >= 11 is 0. The van der Waals surface area contributed by atoms with Crippen LogP contribution in [0.25, 0.3) is 0 Å². The first-order chi connectivity index (χ1) is 16.8. The Labute approximate surface area is 196 Å². The molecule has 3 aromatic heterocycles. The Balaban J connectivity index is 1.25. The smallest absolute Gasteiger partial charge is 0.363 e. The molecule has 0 spiro atoms. The minimum atomic E-state index is -4.42. The van der Waals surface area contributed by atoms with Gasteiger partial charge < -0.3 is 14.4 Å². The predicted molar refractivity (Wildman–Crippen MR) is 117 cm³/mol. The van der Waals surface area contributed by atoms with E-state index in [4.69, 9.17) is 9.05 Å². The Morgan fingerprint density at radius 1 is 1.11 bits per heavy atom. The summed E-state index contributed by atoms with van der Waals surface area (Å²) in [5.74, 6) is 0.729. The van der Waals surface area contributed by atoms with Gasteiger partial charge in [0.25, 0.3) is 0 Å². The maximum atomic E-state index is 13.0. The van der Waals surface area contributed by atoms with Gasteiger partial charge in [-0.3, -0.25) is 9.79 Å². The SMILES string of the molecule is C[C@@H](CC(=O)c1cc(Nc2ccon2)ncn1)c1cc(C2=Nc3ccc(C(F)(F)F)cc3C2)no1. The van der Waals surface area contributed by atoms with E-state index >= 15 is 0 Å². The lowest BCUT2D eigenvalue weighted by Gasteiger charge is -2.07. The quantitative estimate of drug-likeness (QED) is 0.354. The number of rotatable bonds is 7. The third-order valence-electron chi connectivity index (χ3n) is 5.47. The number of benzene rings is 1. The minimum Gasteiger partial charge on any atom is -0.363 e. The summed E-state index contributed by atoms with van der Waals surface area (Å²) in [7, 11) is 0. The lowest BCUT2D eigenvalue weighted by molar-refractivity contribution is -0.137. The van der Waals surface area contributed by atoms with Crippen molar-refractivity contribution < 1.29 is 27.0 Å². The van der Waals surface area contributed by atoms with Gasteiger partial charge in [0.15, 0.2) is 11.6 Å². The van der Waals surface area contributed by atoms with Crippen molar-refractivity contribution in [2.75, 3.05) is 5.32 Å². The average molecular weight is 482 g/mol. The number of nitrogens with one attached hydrogen (secondary N) is 1. The van der Waals surface area contributed by atoms with Crippen LogP contribution in [0.15, 0.2) is 63.0 Å². The Bertz CT molecular complexity index is 1410. The van der Waals surface area contributed by atoms with E-state index in [1.807, 2.05) is 0 Å². The summed E-state index contributed by atoms with van der Waals surface area (Å²) in [5.41, 5.74) is 1.37. The Morgan fingerprint density at radius 3 is 2.74 bits per heavy atom. The molecule has 5 rings (SSSR count). The number of nitrogens with zero attached hydrogens (tertiary/aromatic N) is 5. The summed E-state index contributed by atoms with van der Waals surface area (Å²) in [5, 5.41) is 10.7. The molecular formula is C23H17F3N6O3. The van der Waals surface area contributed by atoms with Crippen molar-refractivity contribution >= 4 is 28.8 Å². The Hall–Kier alpha value is -4.35. The van der Waals surface area contributed by atoms with Crippen LogP contribution in [0.1, 0.15) is 52.3 Å². The second-order valence-electron chi connectivity index (χ2n) is 8.02. The van der Waals surface area contributed by atoms with Crippen LogP contribution >= 0.6 is 0 Å². The van der Waals surface area contributed by atoms with E-state index in [0.717, 1.165) is 12.1 Å². The number of anilines is 2. The third-order valence-corrected chi connectivity index (χ3v) is 5.47. The van der Waals surface area contributed by atoms with Gasteiger partial charge in [-0.2, -0.15) is 13.2 Å². The molecule has 178 valence electrons. The van der Waals surface area contributed by atoms with Gasteiger partial charge in [0, 0.05) is 37.0 Å². The molecule has 12 heteroatoms. The lowest BCUT2D eigenvalue weighted by atomic mass is 9.99. The molecule has 4 aromatic rings. The third kappa shape index (κ3) is 4.81. The fourth-order valence-corrected chi connectivity index (χ4v) is 3.65. The van der Waals surface area contributed by atoms with Crippen LogP contribution in [0.5, 0.6) is 0 Å². The molecule has 35 heavy (non-hydrogen) atoms. The highest BCUT2D eigenvalue weighted by atomic mass is 19.4. The van der Waals surface area contributed by atoms with E-state index in [0.29, 0.717) is 40.1 Å². The highest BCUT2D eigenvalue weighted by Crippen LogP contribution is 2.36. The number of hydrogen-bond acceptors (Lipinski definition) is 9. The maximum absolute atomic E-state index is 13.0. The zero-order valence-electron chi connectivity index (χ0n) is 18.2. The normalized spacial score (nSPS) is 13.9. The molecule has 1 aliphatic rings. The van der Waals surface area contributed by atoms with Crippen LogP contribution in [-0.2, 0) is 12.6 Å². The lowest BCUT2D eigenvalue weighted by Crippen LogP contribution is -2.08. The fraction of sp³-hybridized carbons (Fsp3) is 0.217. The molecule has 0 fully saturated rings. The van der Waals surface area contributed by atoms with Crippen LogP contribution in [0, 0.1) is 0 Å². The van der Waals surface area contributed by atoms with Crippen molar-refractivity contribution in [3.8, 4) is 0 Å². The number of aliphatic imine (C=N–C) groups is 1. The van der Waals surface area contributed by atoms with Crippen molar-refractivity contribution in [3.63, 3.8) is 0 Å². The highest BCUT2D eigenvalue weighted by Gasteiger charge is 2.32. The number of hydrogen-bond donors (Lipinski definition) is 1. The molecule has 0 bridgehead atoms. The minimum absolute atomic E-state index is 0.0939. The number of alkyl halides is 3. The van der Waals surface area contributed by atoms with Crippen LogP contribution in [-0.4, -0.2) is 31.8 Å². The molecule has 0 saturated carbocycles. The van der Waals surface area contributed by atoms with E-state index in [9.17, 15) is 18.0 Å². The largest absolute Gasteiger partial charge is 0.416 e. The van der Waals surface area contributed by atoms with Crippen LogP contribution in [0.4, 0.5) is 30.5 Å². The molecule has 0 unspecified atom stereocenters. The van der Waals surface area contributed by atoms with Crippen LogP contribution < -0.4 is 5.32 Å². The summed E-state index contributed by atoms with van der Waals surface area (Å²) in [6.07, 6.45) is -1.44. The topological polar surface area (TPSA) is 119 Å². The number of halogens is 3. The summed E-state index contributed by atoms with van der Waals surface area (Å²) in [6, 6.07) is 8.23. The second-order valence-corrected chi connectivity index (χ2v) is 8.02. The number of ketones is 1.